The topological polar surface area (TPSA) is 46.5 Å². The minimum atomic E-state index is -0.388. The molecule has 0 bridgehead atoms. The summed E-state index contributed by atoms with van der Waals surface area (Å²) in [7, 11) is 0. The average molecular weight is 351 g/mol. The Balaban J connectivity index is 2.08. The zero-order chi connectivity index (χ0) is 18.8. The summed E-state index contributed by atoms with van der Waals surface area (Å²) in [6.07, 6.45) is 8.03. The summed E-state index contributed by atoms with van der Waals surface area (Å²) in [5.74, 6) is 1.17. The third-order valence-corrected chi connectivity index (χ3v) is 7.36. The van der Waals surface area contributed by atoms with E-state index in [1.165, 1.54) is 38.2 Å². The van der Waals surface area contributed by atoms with E-state index >= 15 is 0 Å². The van der Waals surface area contributed by atoms with Crippen molar-refractivity contribution in [2.45, 2.75) is 85.7 Å². The standard InChI is InChI=1S/C22H38O3/c1-15-9-11-20-21(4,5)12-7-13-22(20,6)18(15)10-8-16(2)19(14-23)25-17(3)24/h16,18-20,23H,1,7-14H2,2-6H3/t16-,18+,19+,20+,22-/m1/s1. The molecule has 3 heteroatoms. The van der Waals surface area contributed by atoms with E-state index in [1.807, 2.05) is 0 Å². The number of fused-ring (bicyclic) bond motifs is 1. The molecule has 2 rings (SSSR count). The molecule has 0 amide bonds. The van der Waals surface area contributed by atoms with Crippen LogP contribution in [0.25, 0.3) is 0 Å². The van der Waals surface area contributed by atoms with Gasteiger partial charge >= 0.3 is 5.97 Å². The number of rotatable bonds is 6. The van der Waals surface area contributed by atoms with Crippen molar-refractivity contribution in [3.63, 3.8) is 0 Å². The van der Waals surface area contributed by atoms with Crippen LogP contribution in [0, 0.1) is 28.6 Å². The Morgan fingerprint density at radius 2 is 2.04 bits per heavy atom. The first-order chi connectivity index (χ1) is 11.6. The minimum Gasteiger partial charge on any atom is -0.460 e. The summed E-state index contributed by atoms with van der Waals surface area (Å²) >= 11 is 0. The van der Waals surface area contributed by atoms with Crippen molar-refractivity contribution in [1.29, 1.82) is 0 Å². The number of carbonyl (C=O) groups is 1. The van der Waals surface area contributed by atoms with Crippen LogP contribution in [0.2, 0.25) is 0 Å². The van der Waals surface area contributed by atoms with E-state index in [0.29, 0.717) is 16.7 Å². The molecule has 0 aromatic rings. The van der Waals surface area contributed by atoms with Crippen molar-refractivity contribution in [1.82, 2.24) is 0 Å². The fourth-order valence-corrected chi connectivity index (χ4v) is 5.97. The van der Waals surface area contributed by atoms with Gasteiger partial charge in [0, 0.05) is 6.92 Å². The van der Waals surface area contributed by atoms with E-state index in [9.17, 15) is 9.90 Å². The van der Waals surface area contributed by atoms with E-state index in [1.54, 1.807) is 0 Å². The summed E-state index contributed by atoms with van der Waals surface area (Å²) in [5, 5.41) is 9.55. The third-order valence-electron chi connectivity index (χ3n) is 7.36. The van der Waals surface area contributed by atoms with Crippen LogP contribution in [0.3, 0.4) is 0 Å². The molecule has 2 saturated carbocycles. The predicted octanol–water partition coefficient (Wildman–Crippen LogP) is 5.13. The Morgan fingerprint density at radius 1 is 1.36 bits per heavy atom. The fraction of sp³-hybridized carbons (Fsp3) is 0.864. The molecule has 2 aliphatic rings. The summed E-state index contributed by atoms with van der Waals surface area (Å²) in [6, 6.07) is 0. The maximum atomic E-state index is 11.2. The molecule has 2 aliphatic carbocycles. The molecule has 0 radical (unpaired) electrons. The molecule has 144 valence electrons. The molecule has 0 saturated heterocycles. The number of hydrogen-bond acceptors (Lipinski definition) is 3. The maximum Gasteiger partial charge on any atom is 0.302 e. The third kappa shape index (κ3) is 4.30. The summed E-state index contributed by atoms with van der Waals surface area (Å²) in [5.41, 5.74) is 2.17. The van der Waals surface area contributed by atoms with E-state index < -0.39 is 0 Å². The van der Waals surface area contributed by atoms with Gasteiger partial charge in [-0.2, -0.15) is 0 Å². The minimum absolute atomic E-state index is 0.0979. The normalized spacial score (nSPS) is 34.1. The van der Waals surface area contributed by atoms with Gasteiger partial charge in [-0.15, -0.1) is 0 Å². The van der Waals surface area contributed by atoms with Crippen molar-refractivity contribution >= 4 is 5.97 Å². The van der Waals surface area contributed by atoms with Crippen LogP contribution >= 0.6 is 0 Å². The zero-order valence-corrected chi connectivity index (χ0v) is 16.9. The average Bonchev–Trinajstić information content (AvgIpc) is 2.50. The van der Waals surface area contributed by atoms with Crippen molar-refractivity contribution in [3.05, 3.63) is 12.2 Å². The maximum absolute atomic E-state index is 11.2. The highest BCUT2D eigenvalue weighted by Crippen LogP contribution is 2.61. The fourth-order valence-electron chi connectivity index (χ4n) is 5.97. The molecular weight excluding hydrogens is 312 g/mol. The SMILES string of the molecule is C=C1CC[C@H]2C(C)(C)CCC[C@]2(C)[C@H]1CC[C@@H](C)[C@H](CO)OC(C)=O. The highest BCUT2D eigenvalue weighted by Gasteiger charge is 2.52. The van der Waals surface area contributed by atoms with Gasteiger partial charge in [-0.1, -0.05) is 46.3 Å². The lowest BCUT2D eigenvalue weighted by Gasteiger charge is -2.58. The number of hydrogen-bond donors (Lipinski definition) is 1. The monoisotopic (exact) mass is 350 g/mol. The lowest BCUT2D eigenvalue weighted by atomic mass is 9.47. The summed E-state index contributed by atoms with van der Waals surface area (Å²) < 4.78 is 5.28. The molecule has 0 unspecified atom stereocenters. The lowest BCUT2D eigenvalue weighted by Crippen LogP contribution is -2.49. The first kappa shape index (κ1) is 20.5. The molecule has 0 heterocycles. The largest absolute Gasteiger partial charge is 0.460 e. The van der Waals surface area contributed by atoms with Gasteiger partial charge in [0.05, 0.1) is 6.61 Å². The van der Waals surface area contributed by atoms with Crippen molar-refractivity contribution in [2.75, 3.05) is 6.61 Å². The second-order valence-corrected chi connectivity index (χ2v) is 9.54. The first-order valence-electron chi connectivity index (χ1n) is 10.1. The van der Waals surface area contributed by atoms with Crippen LogP contribution in [0.15, 0.2) is 12.2 Å². The quantitative estimate of drug-likeness (QED) is 0.534. The highest BCUT2D eigenvalue weighted by atomic mass is 16.5. The van der Waals surface area contributed by atoms with Crippen LogP contribution in [0.1, 0.15) is 79.6 Å². The van der Waals surface area contributed by atoms with E-state index in [4.69, 9.17) is 4.74 Å². The van der Waals surface area contributed by atoms with Crippen molar-refractivity contribution in [3.8, 4) is 0 Å². The van der Waals surface area contributed by atoms with E-state index in [2.05, 4.69) is 34.3 Å². The molecule has 0 aromatic heterocycles. The number of aliphatic hydroxyl groups is 1. The van der Waals surface area contributed by atoms with Gasteiger partial charge in [0.15, 0.2) is 0 Å². The van der Waals surface area contributed by atoms with E-state index in [0.717, 1.165) is 25.2 Å². The van der Waals surface area contributed by atoms with Crippen molar-refractivity contribution < 1.29 is 14.6 Å². The van der Waals surface area contributed by atoms with Crippen LogP contribution in [-0.4, -0.2) is 23.8 Å². The Hall–Kier alpha value is -0.830. The molecule has 0 spiro atoms. The smallest absolute Gasteiger partial charge is 0.302 e. The van der Waals surface area contributed by atoms with Crippen molar-refractivity contribution in [2.24, 2.45) is 28.6 Å². The van der Waals surface area contributed by atoms with Crippen LogP contribution in [0.5, 0.6) is 0 Å². The Labute approximate surface area is 154 Å². The van der Waals surface area contributed by atoms with Gasteiger partial charge in [0.2, 0.25) is 0 Å². The highest BCUT2D eigenvalue weighted by molar-refractivity contribution is 5.66. The summed E-state index contributed by atoms with van der Waals surface area (Å²) in [6.45, 7) is 15.2. The lowest BCUT2D eigenvalue weighted by molar-refractivity contribution is -0.151. The Kier molecular flexibility index (Phi) is 6.40. The molecule has 0 aromatic carbocycles. The molecule has 3 nitrogen and oxygen atoms in total. The van der Waals surface area contributed by atoms with Gasteiger partial charge in [0.1, 0.15) is 6.10 Å². The van der Waals surface area contributed by atoms with Crippen LogP contribution in [-0.2, 0) is 9.53 Å². The second kappa shape index (κ2) is 7.82. The summed E-state index contributed by atoms with van der Waals surface area (Å²) in [4.78, 5) is 11.2. The molecule has 25 heavy (non-hydrogen) atoms. The van der Waals surface area contributed by atoms with Gasteiger partial charge in [-0.25, -0.2) is 0 Å². The number of ether oxygens (including phenoxy) is 1. The van der Waals surface area contributed by atoms with Gasteiger partial charge < -0.3 is 9.84 Å². The van der Waals surface area contributed by atoms with Gasteiger partial charge in [0.25, 0.3) is 0 Å². The van der Waals surface area contributed by atoms with Crippen LogP contribution < -0.4 is 0 Å². The van der Waals surface area contributed by atoms with Gasteiger partial charge in [-0.05, 0) is 67.1 Å². The van der Waals surface area contributed by atoms with Gasteiger partial charge in [-0.3, -0.25) is 4.79 Å². The number of aliphatic hydroxyl groups excluding tert-OH is 1. The zero-order valence-electron chi connectivity index (χ0n) is 16.9. The first-order valence-corrected chi connectivity index (χ1v) is 10.1. The molecule has 5 atom stereocenters. The molecule has 1 N–H and O–H groups in total. The number of carbonyl (C=O) groups excluding carboxylic acids is 1. The predicted molar refractivity (Wildman–Crippen MR) is 102 cm³/mol. The van der Waals surface area contributed by atoms with E-state index in [-0.39, 0.29) is 24.6 Å². The second-order valence-electron chi connectivity index (χ2n) is 9.54. The Bertz CT molecular complexity index is 496. The Morgan fingerprint density at radius 3 is 2.64 bits per heavy atom. The molecular formula is C22H38O3. The number of esters is 1. The number of allylic oxidation sites excluding steroid dienone is 1. The van der Waals surface area contributed by atoms with Crippen LogP contribution in [0.4, 0.5) is 0 Å². The molecule has 0 aliphatic heterocycles. The molecule has 2 fully saturated rings.